The molecule has 0 aliphatic heterocycles. The minimum Gasteiger partial charge on any atom is -0.345 e. The number of fused-ring (bicyclic) bond motifs is 1. The molecule has 24 heavy (non-hydrogen) atoms. The average Bonchev–Trinajstić information content (AvgIpc) is 3.22. The lowest BCUT2D eigenvalue weighted by molar-refractivity contribution is 0.0950. The lowest BCUT2D eigenvalue weighted by atomic mass is 10.0. The molecule has 0 radical (unpaired) electrons. The molecule has 1 aliphatic rings. The van der Waals surface area contributed by atoms with Crippen LogP contribution in [0.2, 0.25) is 0 Å². The van der Waals surface area contributed by atoms with Gasteiger partial charge >= 0.3 is 0 Å². The minimum atomic E-state index is -0.0845. The molecule has 1 N–H and O–H groups in total. The fourth-order valence-corrected chi connectivity index (χ4v) is 3.40. The highest BCUT2D eigenvalue weighted by atomic mass is 32.1. The molecule has 0 bridgehead atoms. The quantitative estimate of drug-likeness (QED) is 0.774. The fourth-order valence-electron chi connectivity index (χ4n) is 2.62. The van der Waals surface area contributed by atoms with Gasteiger partial charge in [-0.15, -0.1) is 10.2 Å². The molecule has 0 unspecified atom stereocenters. The molecule has 1 saturated carbocycles. The summed E-state index contributed by atoms with van der Waals surface area (Å²) < 4.78 is 1.82. The molecule has 1 amide bonds. The SMILES string of the molecule is CC(C)c1ccc(C(=O)NCc2nn3c(C4CC4)nnc3s2)cc1. The van der Waals surface area contributed by atoms with Gasteiger partial charge in [0.2, 0.25) is 4.96 Å². The summed E-state index contributed by atoms with van der Waals surface area (Å²) in [7, 11) is 0. The zero-order chi connectivity index (χ0) is 16.7. The first-order valence-electron chi connectivity index (χ1n) is 8.21. The number of rotatable bonds is 5. The van der Waals surface area contributed by atoms with Gasteiger partial charge in [0.15, 0.2) is 5.82 Å². The van der Waals surface area contributed by atoms with Crippen LogP contribution in [0, 0.1) is 0 Å². The second-order valence-corrected chi connectivity index (χ2v) is 7.52. The highest BCUT2D eigenvalue weighted by molar-refractivity contribution is 7.16. The second-order valence-electron chi connectivity index (χ2n) is 6.48. The topological polar surface area (TPSA) is 72.2 Å². The van der Waals surface area contributed by atoms with Gasteiger partial charge in [0.1, 0.15) is 5.01 Å². The van der Waals surface area contributed by atoms with Crippen molar-refractivity contribution in [3.8, 4) is 0 Å². The van der Waals surface area contributed by atoms with E-state index in [2.05, 4.69) is 34.5 Å². The number of aromatic nitrogens is 4. The van der Waals surface area contributed by atoms with E-state index < -0.39 is 0 Å². The van der Waals surface area contributed by atoms with Crippen LogP contribution in [0.4, 0.5) is 0 Å². The Bertz CT molecular complexity index is 876. The first kappa shape index (κ1) is 15.3. The number of amides is 1. The Morgan fingerprint density at radius 1 is 1.29 bits per heavy atom. The Morgan fingerprint density at radius 3 is 2.71 bits per heavy atom. The molecule has 0 atom stereocenters. The number of hydrogen-bond acceptors (Lipinski definition) is 5. The second kappa shape index (κ2) is 5.98. The molecule has 124 valence electrons. The molecule has 2 heterocycles. The molecule has 4 rings (SSSR count). The molecule has 1 fully saturated rings. The van der Waals surface area contributed by atoms with Crippen LogP contribution in [0.25, 0.3) is 4.96 Å². The monoisotopic (exact) mass is 341 g/mol. The van der Waals surface area contributed by atoms with E-state index in [-0.39, 0.29) is 5.91 Å². The molecule has 0 spiro atoms. The van der Waals surface area contributed by atoms with Crippen molar-refractivity contribution in [2.24, 2.45) is 0 Å². The number of nitrogens with one attached hydrogen (secondary N) is 1. The molecule has 7 heteroatoms. The number of carbonyl (C=O) groups excluding carboxylic acids is 1. The van der Waals surface area contributed by atoms with E-state index in [9.17, 15) is 4.79 Å². The average molecular weight is 341 g/mol. The molecule has 1 aromatic carbocycles. The van der Waals surface area contributed by atoms with Gasteiger partial charge in [-0.05, 0) is 36.5 Å². The third-order valence-corrected chi connectivity index (χ3v) is 5.14. The van der Waals surface area contributed by atoms with E-state index >= 15 is 0 Å². The fraction of sp³-hybridized carbons (Fsp3) is 0.412. The van der Waals surface area contributed by atoms with Crippen molar-refractivity contribution in [1.82, 2.24) is 25.1 Å². The van der Waals surface area contributed by atoms with Crippen LogP contribution in [-0.2, 0) is 6.54 Å². The van der Waals surface area contributed by atoms with Crippen LogP contribution in [0.5, 0.6) is 0 Å². The Morgan fingerprint density at radius 2 is 2.04 bits per heavy atom. The Hall–Kier alpha value is -2.28. The van der Waals surface area contributed by atoms with E-state index in [1.807, 2.05) is 28.8 Å². The standard InChI is InChI=1S/C17H19N5OS/c1-10(2)11-3-7-13(8-4-11)16(23)18-9-14-21-22-15(12-5-6-12)19-20-17(22)24-14/h3-4,7-8,10,12H,5-6,9H2,1-2H3,(H,18,23). The number of benzene rings is 1. The molecule has 3 aromatic rings. The third kappa shape index (κ3) is 2.91. The normalized spacial score (nSPS) is 14.5. The first-order valence-corrected chi connectivity index (χ1v) is 9.02. The summed E-state index contributed by atoms with van der Waals surface area (Å²) >= 11 is 1.47. The molecule has 0 saturated heterocycles. The Balaban J connectivity index is 1.43. The van der Waals surface area contributed by atoms with Crippen LogP contribution in [0.1, 0.15) is 65.3 Å². The van der Waals surface area contributed by atoms with Gasteiger partial charge in [-0.3, -0.25) is 4.79 Å². The van der Waals surface area contributed by atoms with Crippen molar-refractivity contribution in [2.45, 2.75) is 45.1 Å². The summed E-state index contributed by atoms with van der Waals surface area (Å²) in [5.41, 5.74) is 1.90. The maximum Gasteiger partial charge on any atom is 0.251 e. The summed E-state index contributed by atoms with van der Waals surface area (Å²) in [4.78, 5) is 13.1. The van der Waals surface area contributed by atoms with Gasteiger partial charge in [-0.25, -0.2) is 0 Å². The van der Waals surface area contributed by atoms with Crippen molar-refractivity contribution in [3.05, 3.63) is 46.2 Å². The van der Waals surface area contributed by atoms with Crippen LogP contribution in [-0.4, -0.2) is 25.7 Å². The summed E-state index contributed by atoms with van der Waals surface area (Å²) in [5.74, 6) is 1.83. The molecule has 2 aromatic heterocycles. The highest BCUT2D eigenvalue weighted by Crippen LogP contribution is 2.39. The summed E-state index contributed by atoms with van der Waals surface area (Å²) in [6, 6.07) is 7.75. The van der Waals surface area contributed by atoms with Crippen molar-refractivity contribution >= 4 is 22.2 Å². The van der Waals surface area contributed by atoms with Gasteiger partial charge in [0, 0.05) is 11.5 Å². The van der Waals surface area contributed by atoms with Crippen molar-refractivity contribution in [2.75, 3.05) is 0 Å². The van der Waals surface area contributed by atoms with E-state index in [0.29, 0.717) is 23.9 Å². The van der Waals surface area contributed by atoms with Crippen LogP contribution < -0.4 is 5.32 Å². The largest absolute Gasteiger partial charge is 0.345 e. The van der Waals surface area contributed by atoms with Crippen molar-refractivity contribution < 1.29 is 4.79 Å². The molecule has 1 aliphatic carbocycles. The van der Waals surface area contributed by atoms with E-state index in [4.69, 9.17) is 0 Å². The van der Waals surface area contributed by atoms with Crippen LogP contribution in [0.3, 0.4) is 0 Å². The van der Waals surface area contributed by atoms with Gasteiger partial charge in [0.25, 0.3) is 5.91 Å². The predicted molar refractivity (Wildman–Crippen MR) is 92.3 cm³/mol. The maximum atomic E-state index is 12.3. The molecular formula is C17H19N5OS. The Kier molecular flexibility index (Phi) is 3.80. The predicted octanol–water partition coefficient (Wildman–Crippen LogP) is 3.12. The Labute approximate surface area is 143 Å². The highest BCUT2D eigenvalue weighted by Gasteiger charge is 2.30. The van der Waals surface area contributed by atoms with Crippen molar-refractivity contribution in [3.63, 3.8) is 0 Å². The lowest BCUT2D eigenvalue weighted by Gasteiger charge is -2.07. The lowest BCUT2D eigenvalue weighted by Crippen LogP contribution is -2.22. The maximum absolute atomic E-state index is 12.3. The summed E-state index contributed by atoms with van der Waals surface area (Å²) in [5, 5.41) is 16.7. The van der Waals surface area contributed by atoms with Gasteiger partial charge in [0.05, 0.1) is 6.54 Å². The van der Waals surface area contributed by atoms with Gasteiger partial charge < -0.3 is 5.32 Å². The number of nitrogens with zero attached hydrogens (tertiary/aromatic N) is 4. The van der Waals surface area contributed by atoms with E-state index in [0.717, 1.165) is 28.6 Å². The van der Waals surface area contributed by atoms with Crippen LogP contribution in [0.15, 0.2) is 24.3 Å². The molecular weight excluding hydrogens is 322 g/mol. The van der Waals surface area contributed by atoms with Gasteiger partial charge in [-0.2, -0.15) is 9.61 Å². The number of carbonyl (C=O) groups is 1. The number of hydrogen-bond donors (Lipinski definition) is 1. The van der Waals surface area contributed by atoms with Crippen molar-refractivity contribution in [1.29, 1.82) is 0 Å². The third-order valence-electron chi connectivity index (χ3n) is 4.24. The van der Waals surface area contributed by atoms with Crippen LogP contribution >= 0.6 is 11.3 Å². The zero-order valence-electron chi connectivity index (χ0n) is 13.7. The van der Waals surface area contributed by atoms with E-state index in [1.165, 1.54) is 16.9 Å². The minimum absolute atomic E-state index is 0.0845. The zero-order valence-corrected chi connectivity index (χ0v) is 14.5. The summed E-state index contributed by atoms with van der Waals surface area (Å²) in [6.07, 6.45) is 2.33. The van der Waals surface area contributed by atoms with Gasteiger partial charge in [-0.1, -0.05) is 37.3 Å². The molecule has 6 nitrogen and oxygen atoms in total. The first-order chi connectivity index (χ1) is 11.6. The van der Waals surface area contributed by atoms with E-state index in [1.54, 1.807) is 0 Å². The summed E-state index contributed by atoms with van der Waals surface area (Å²) in [6.45, 7) is 4.68. The smallest absolute Gasteiger partial charge is 0.251 e.